The van der Waals surface area contributed by atoms with Crippen LogP contribution in [-0.4, -0.2) is 42.0 Å². The quantitative estimate of drug-likeness (QED) is 0.785. The molecule has 2 nitrogen and oxygen atoms in total. The van der Waals surface area contributed by atoms with Gasteiger partial charge in [0.1, 0.15) is 0 Å². The molecule has 3 heteroatoms. The number of nitrogens with zero attached hydrogens (tertiary/aromatic N) is 2. The van der Waals surface area contributed by atoms with Crippen LogP contribution in [0.2, 0.25) is 5.02 Å². The second-order valence-corrected chi connectivity index (χ2v) is 6.30. The normalized spacial score (nSPS) is 24.9. The van der Waals surface area contributed by atoms with Crippen molar-refractivity contribution < 1.29 is 0 Å². The average Bonchev–Trinajstić information content (AvgIpc) is 2.49. The zero-order chi connectivity index (χ0) is 13.8. The van der Waals surface area contributed by atoms with Gasteiger partial charge < -0.3 is 0 Å². The molecule has 1 aliphatic carbocycles. The molecule has 1 aromatic carbocycles. The number of hydrogen-bond acceptors (Lipinski definition) is 2. The highest BCUT2D eigenvalue weighted by molar-refractivity contribution is 6.30. The Balaban J connectivity index is 1.51. The number of piperazine rings is 1. The van der Waals surface area contributed by atoms with Crippen LogP contribution in [0, 0.1) is 0 Å². The molecular weight excluding hydrogens is 268 g/mol. The van der Waals surface area contributed by atoms with Crippen LogP contribution in [0.1, 0.15) is 24.8 Å². The van der Waals surface area contributed by atoms with Crippen molar-refractivity contribution >= 4 is 11.6 Å². The van der Waals surface area contributed by atoms with Gasteiger partial charge in [-0.1, -0.05) is 35.9 Å². The third-order valence-corrected chi connectivity index (χ3v) is 4.64. The Morgan fingerprint density at radius 1 is 1.15 bits per heavy atom. The Hall–Kier alpha value is -0.830. The zero-order valence-corrected chi connectivity index (χ0v) is 12.7. The zero-order valence-electron chi connectivity index (χ0n) is 12.0. The molecule has 0 radical (unpaired) electrons. The fourth-order valence-electron chi connectivity index (χ4n) is 3.25. The van der Waals surface area contributed by atoms with Crippen LogP contribution in [0.15, 0.2) is 36.4 Å². The molecule has 108 valence electrons. The lowest BCUT2D eigenvalue weighted by molar-refractivity contribution is 0.102. The molecule has 0 amide bonds. The van der Waals surface area contributed by atoms with Gasteiger partial charge in [0.25, 0.3) is 0 Å². The van der Waals surface area contributed by atoms with Gasteiger partial charge >= 0.3 is 0 Å². The van der Waals surface area contributed by atoms with Crippen LogP contribution >= 0.6 is 11.6 Å². The first-order chi connectivity index (χ1) is 9.81. The summed E-state index contributed by atoms with van der Waals surface area (Å²) in [6.07, 6.45) is 8.72. The van der Waals surface area contributed by atoms with Crippen molar-refractivity contribution in [2.24, 2.45) is 0 Å². The summed E-state index contributed by atoms with van der Waals surface area (Å²) in [4.78, 5) is 5.18. The topological polar surface area (TPSA) is 6.48 Å². The first-order valence-corrected chi connectivity index (χ1v) is 8.06. The van der Waals surface area contributed by atoms with Crippen molar-refractivity contribution in [2.75, 3.05) is 26.2 Å². The van der Waals surface area contributed by atoms with Gasteiger partial charge in [0.2, 0.25) is 0 Å². The molecule has 1 fully saturated rings. The maximum Gasteiger partial charge on any atom is 0.0409 e. The minimum atomic E-state index is 0.692. The van der Waals surface area contributed by atoms with Gasteiger partial charge in [-0.3, -0.25) is 9.80 Å². The predicted molar refractivity (Wildman–Crippen MR) is 85.1 cm³/mol. The van der Waals surface area contributed by atoms with E-state index in [0.717, 1.165) is 24.7 Å². The van der Waals surface area contributed by atoms with Gasteiger partial charge in [0, 0.05) is 43.8 Å². The first kappa shape index (κ1) is 14.1. The molecule has 1 aliphatic heterocycles. The van der Waals surface area contributed by atoms with Gasteiger partial charge in [-0.15, -0.1) is 0 Å². The molecule has 20 heavy (non-hydrogen) atoms. The summed E-state index contributed by atoms with van der Waals surface area (Å²) in [5.41, 5.74) is 1.32. The maximum atomic E-state index is 6.05. The standard InChI is InChI=1S/C17H23ClN2/c18-16-6-4-5-15(13-16)14-19-9-11-20(12-10-19)17-7-2-1-3-8-17/h2,4-7,13,17H,1,3,8-12,14H2. The summed E-state index contributed by atoms with van der Waals surface area (Å²) in [7, 11) is 0. The minimum Gasteiger partial charge on any atom is -0.297 e. The van der Waals surface area contributed by atoms with Crippen molar-refractivity contribution in [2.45, 2.75) is 31.8 Å². The lowest BCUT2D eigenvalue weighted by Crippen LogP contribution is -2.49. The minimum absolute atomic E-state index is 0.692. The molecule has 1 saturated heterocycles. The van der Waals surface area contributed by atoms with Crippen molar-refractivity contribution in [3.05, 3.63) is 47.0 Å². The number of hydrogen-bond donors (Lipinski definition) is 0. The third-order valence-electron chi connectivity index (χ3n) is 4.40. The molecule has 2 aliphatic rings. The second-order valence-electron chi connectivity index (χ2n) is 5.87. The summed E-state index contributed by atoms with van der Waals surface area (Å²) >= 11 is 6.05. The number of halogens is 1. The Kier molecular flexibility index (Phi) is 4.77. The molecule has 0 bridgehead atoms. The molecule has 0 N–H and O–H groups in total. The second kappa shape index (κ2) is 6.75. The summed E-state index contributed by atoms with van der Waals surface area (Å²) in [6.45, 7) is 5.73. The van der Waals surface area contributed by atoms with E-state index in [-0.39, 0.29) is 0 Å². The lowest BCUT2D eigenvalue weighted by atomic mass is 10.0. The Bertz CT molecular complexity index is 464. The molecule has 1 unspecified atom stereocenters. The molecule has 1 atom stereocenters. The first-order valence-electron chi connectivity index (χ1n) is 7.69. The highest BCUT2D eigenvalue weighted by Gasteiger charge is 2.22. The van der Waals surface area contributed by atoms with E-state index in [1.807, 2.05) is 12.1 Å². The summed E-state index contributed by atoms with van der Waals surface area (Å²) in [5.74, 6) is 0. The van der Waals surface area contributed by atoms with E-state index < -0.39 is 0 Å². The highest BCUT2D eigenvalue weighted by Crippen LogP contribution is 2.19. The summed E-state index contributed by atoms with van der Waals surface area (Å²) in [5, 5.41) is 0.841. The van der Waals surface area contributed by atoms with Crippen molar-refractivity contribution in [3.8, 4) is 0 Å². The number of rotatable bonds is 3. The fraction of sp³-hybridized carbons (Fsp3) is 0.529. The van der Waals surface area contributed by atoms with Gasteiger partial charge in [0.05, 0.1) is 0 Å². The number of allylic oxidation sites excluding steroid dienone is 1. The third kappa shape index (κ3) is 3.63. The van der Waals surface area contributed by atoms with Crippen LogP contribution in [0.5, 0.6) is 0 Å². The molecule has 0 saturated carbocycles. The van der Waals surface area contributed by atoms with E-state index in [2.05, 4.69) is 34.1 Å². The van der Waals surface area contributed by atoms with Gasteiger partial charge in [-0.25, -0.2) is 0 Å². The summed E-state index contributed by atoms with van der Waals surface area (Å²) in [6, 6.07) is 8.93. The Labute approximate surface area is 127 Å². The molecule has 1 heterocycles. The van der Waals surface area contributed by atoms with Crippen LogP contribution in [0.3, 0.4) is 0 Å². The SMILES string of the molecule is Clc1cccc(CN2CCN(C3C=CCCC3)CC2)c1. The monoisotopic (exact) mass is 290 g/mol. The van der Waals surface area contributed by atoms with E-state index in [9.17, 15) is 0 Å². The molecule has 1 aromatic rings. The van der Waals surface area contributed by atoms with Crippen molar-refractivity contribution in [1.82, 2.24) is 9.80 Å². The van der Waals surface area contributed by atoms with E-state index >= 15 is 0 Å². The van der Waals surface area contributed by atoms with Crippen LogP contribution < -0.4 is 0 Å². The van der Waals surface area contributed by atoms with E-state index in [1.54, 1.807) is 0 Å². The predicted octanol–water partition coefficient (Wildman–Crippen LogP) is 3.57. The largest absolute Gasteiger partial charge is 0.297 e. The van der Waals surface area contributed by atoms with Crippen LogP contribution in [-0.2, 0) is 6.54 Å². The average molecular weight is 291 g/mol. The fourth-order valence-corrected chi connectivity index (χ4v) is 3.46. The maximum absolute atomic E-state index is 6.05. The van der Waals surface area contributed by atoms with E-state index in [0.29, 0.717) is 6.04 Å². The van der Waals surface area contributed by atoms with Crippen LogP contribution in [0.25, 0.3) is 0 Å². The Morgan fingerprint density at radius 2 is 2.00 bits per heavy atom. The number of benzene rings is 1. The highest BCUT2D eigenvalue weighted by atomic mass is 35.5. The molecule has 3 rings (SSSR count). The smallest absolute Gasteiger partial charge is 0.0409 e. The van der Waals surface area contributed by atoms with Crippen molar-refractivity contribution in [1.29, 1.82) is 0 Å². The van der Waals surface area contributed by atoms with Gasteiger partial charge in [-0.05, 0) is 37.0 Å². The van der Waals surface area contributed by atoms with Gasteiger partial charge in [-0.2, -0.15) is 0 Å². The lowest BCUT2D eigenvalue weighted by Gasteiger charge is -2.39. The molecule has 0 aromatic heterocycles. The van der Waals surface area contributed by atoms with Crippen LogP contribution in [0.4, 0.5) is 0 Å². The van der Waals surface area contributed by atoms with E-state index in [4.69, 9.17) is 11.6 Å². The van der Waals surface area contributed by atoms with Crippen molar-refractivity contribution in [3.63, 3.8) is 0 Å². The molecular formula is C17H23ClN2. The van der Waals surface area contributed by atoms with Gasteiger partial charge in [0.15, 0.2) is 0 Å². The summed E-state index contributed by atoms with van der Waals surface area (Å²) < 4.78 is 0. The van der Waals surface area contributed by atoms with E-state index in [1.165, 1.54) is 37.9 Å². The Morgan fingerprint density at radius 3 is 2.70 bits per heavy atom. The molecule has 0 spiro atoms.